The van der Waals surface area contributed by atoms with E-state index >= 15 is 0 Å². The van der Waals surface area contributed by atoms with E-state index in [-0.39, 0.29) is 20.7 Å². The number of anilines is 1. The van der Waals surface area contributed by atoms with Gasteiger partial charge < -0.3 is 10.2 Å². The highest BCUT2D eigenvalue weighted by Crippen LogP contribution is 2.33. The third kappa shape index (κ3) is 2.68. The van der Waals surface area contributed by atoms with Crippen LogP contribution in [0.25, 0.3) is 0 Å². The third-order valence-electron chi connectivity index (χ3n) is 1.50. The van der Waals surface area contributed by atoms with Crippen molar-refractivity contribution in [1.29, 1.82) is 0 Å². The second kappa shape index (κ2) is 4.29. The van der Waals surface area contributed by atoms with Crippen LogP contribution in [0.1, 0.15) is 0 Å². The monoisotopic (exact) mass is 324 g/mol. The number of hydrogen-bond acceptors (Lipinski definition) is 4. The van der Waals surface area contributed by atoms with Crippen molar-refractivity contribution in [3.63, 3.8) is 0 Å². The second-order valence-corrected chi connectivity index (χ2v) is 3.67. The molecule has 0 aliphatic heterocycles. The maximum Gasteiger partial charge on any atom is 0.409 e. The molecule has 0 aliphatic rings. The quantitative estimate of drug-likeness (QED) is 0.333. The number of nitrogens with one attached hydrogen (secondary N) is 1. The van der Waals surface area contributed by atoms with E-state index in [1.807, 2.05) is 5.32 Å². The molecule has 3 N–H and O–H groups in total. The lowest BCUT2D eigenvalue weighted by Gasteiger charge is -2.05. The van der Waals surface area contributed by atoms with E-state index < -0.39 is 11.0 Å². The van der Waals surface area contributed by atoms with E-state index in [1.165, 1.54) is 0 Å². The summed E-state index contributed by atoms with van der Waals surface area (Å²) in [6.07, 6.45) is -1.40. The zero-order chi connectivity index (χ0) is 11.6. The first-order valence-corrected chi connectivity index (χ1v) is 4.66. The van der Waals surface area contributed by atoms with Crippen molar-refractivity contribution >= 4 is 40.1 Å². The van der Waals surface area contributed by atoms with Crippen LogP contribution in [0.15, 0.2) is 12.1 Å². The van der Waals surface area contributed by atoms with Crippen molar-refractivity contribution in [2.24, 2.45) is 0 Å². The Morgan fingerprint density at radius 2 is 2.13 bits per heavy atom. The van der Waals surface area contributed by atoms with Gasteiger partial charge in [-0.3, -0.25) is 15.4 Å². The zero-order valence-electron chi connectivity index (χ0n) is 7.10. The van der Waals surface area contributed by atoms with Crippen LogP contribution < -0.4 is 5.32 Å². The number of hydrogen-bond donors (Lipinski definition) is 3. The fourth-order valence-electron chi connectivity index (χ4n) is 0.901. The molecule has 0 fully saturated rings. The number of nitro groups is 1. The summed E-state index contributed by atoms with van der Waals surface area (Å²) in [7, 11) is 0. The van der Waals surface area contributed by atoms with Gasteiger partial charge >= 0.3 is 6.09 Å². The number of phenols is 1. The lowest BCUT2D eigenvalue weighted by molar-refractivity contribution is -0.384. The molecular weight excluding hydrogens is 319 g/mol. The first-order chi connectivity index (χ1) is 6.91. The number of rotatable bonds is 2. The van der Waals surface area contributed by atoms with Gasteiger partial charge in [0.05, 0.1) is 14.2 Å². The maximum absolute atomic E-state index is 10.4. The van der Waals surface area contributed by atoms with Crippen molar-refractivity contribution in [2.45, 2.75) is 0 Å². The summed E-state index contributed by atoms with van der Waals surface area (Å²) in [6, 6.07) is 2.09. The second-order valence-electron chi connectivity index (χ2n) is 2.51. The number of non-ortho nitro benzene ring substituents is 1. The molecule has 0 saturated carbocycles. The molecule has 1 rings (SSSR count). The minimum atomic E-state index is -1.40. The minimum absolute atomic E-state index is 0.200. The van der Waals surface area contributed by atoms with Crippen molar-refractivity contribution in [3.05, 3.63) is 25.8 Å². The van der Waals surface area contributed by atoms with Crippen LogP contribution in [0, 0.1) is 13.7 Å². The van der Waals surface area contributed by atoms with Crippen LogP contribution in [0.4, 0.5) is 16.2 Å². The molecule has 0 heterocycles. The number of benzene rings is 1. The van der Waals surface area contributed by atoms with Crippen LogP contribution >= 0.6 is 22.6 Å². The zero-order valence-corrected chi connectivity index (χ0v) is 9.26. The number of carbonyl (C=O) groups is 1. The van der Waals surface area contributed by atoms with Gasteiger partial charge in [-0.1, -0.05) is 0 Å². The third-order valence-corrected chi connectivity index (χ3v) is 2.32. The van der Waals surface area contributed by atoms with E-state index in [0.717, 1.165) is 12.1 Å². The van der Waals surface area contributed by atoms with Gasteiger partial charge in [-0.15, -0.1) is 0 Å². The summed E-state index contributed by atoms with van der Waals surface area (Å²) in [6.45, 7) is 0. The first-order valence-electron chi connectivity index (χ1n) is 3.58. The van der Waals surface area contributed by atoms with Crippen LogP contribution in [0.5, 0.6) is 5.75 Å². The maximum atomic E-state index is 10.4. The Hall–Kier alpha value is -1.58. The standard InChI is InChI=1S/C7H5IN2O5/c8-4-1-3(10(14)15)2-5(6(4)11)9-7(12)13/h1-2,9,11H,(H,12,13). The fourth-order valence-corrected chi connectivity index (χ4v) is 1.51. The normalized spacial score (nSPS) is 9.67. The van der Waals surface area contributed by atoms with Gasteiger partial charge in [-0.2, -0.15) is 0 Å². The molecule has 0 saturated heterocycles. The van der Waals surface area contributed by atoms with Crippen LogP contribution in [-0.2, 0) is 0 Å². The molecule has 8 heteroatoms. The molecule has 1 amide bonds. The van der Waals surface area contributed by atoms with Gasteiger partial charge in [0.1, 0.15) is 0 Å². The molecule has 0 spiro atoms. The number of halogens is 1. The minimum Gasteiger partial charge on any atom is -0.505 e. The van der Waals surface area contributed by atoms with Crippen molar-refractivity contribution in [2.75, 3.05) is 5.32 Å². The molecule has 0 aromatic heterocycles. The largest absolute Gasteiger partial charge is 0.505 e. The number of aromatic hydroxyl groups is 1. The molecule has 0 atom stereocenters. The molecule has 0 aliphatic carbocycles. The molecule has 0 bridgehead atoms. The highest BCUT2D eigenvalue weighted by molar-refractivity contribution is 14.1. The predicted molar refractivity (Wildman–Crippen MR) is 59.1 cm³/mol. The van der Waals surface area contributed by atoms with Gasteiger partial charge in [-0.05, 0) is 22.6 Å². The number of nitrogens with zero attached hydrogens (tertiary/aromatic N) is 1. The van der Waals surface area contributed by atoms with Crippen LogP contribution in [0.3, 0.4) is 0 Å². The smallest absolute Gasteiger partial charge is 0.409 e. The Morgan fingerprint density at radius 1 is 1.53 bits per heavy atom. The summed E-state index contributed by atoms with van der Waals surface area (Å²) in [5.74, 6) is -0.330. The van der Waals surface area contributed by atoms with E-state index in [0.29, 0.717) is 0 Å². The summed E-state index contributed by atoms with van der Waals surface area (Å²) in [5.41, 5.74) is -0.498. The highest BCUT2D eigenvalue weighted by atomic mass is 127. The van der Waals surface area contributed by atoms with Crippen molar-refractivity contribution in [1.82, 2.24) is 0 Å². The Bertz CT molecular complexity index is 434. The van der Waals surface area contributed by atoms with Gasteiger partial charge in [0.2, 0.25) is 0 Å². The fraction of sp³-hybridized carbons (Fsp3) is 0. The van der Waals surface area contributed by atoms with Crippen molar-refractivity contribution in [3.8, 4) is 5.75 Å². The average Bonchev–Trinajstić information content (AvgIpc) is 2.11. The SMILES string of the molecule is O=C(O)Nc1cc([N+](=O)[O-])cc(I)c1O. The van der Waals surface area contributed by atoms with Crippen molar-refractivity contribution < 1.29 is 19.9 Å². The van der Waals surface area contributed by atoms with E-state index in [4.69, 9.17) is 5.11 Å². The van der Waals surface area contributed by atoms with Crippen LogP contribution in [-0.4, -0.2) is 21.2 Å². The Balaban J connectivity index is 3.24. The molecule has 80 valence electrons. The number of amides is 1. The van der Waals surface area contributed by atoms with Gasteiger partial charge in [0.25, 0.3) is 5.69 Å². The van der Waals surface area contributed by atoms with E-state index in [9.17, 15) is 20.0 Å². The molecule has 0 unspecified atom stereocenters. The van der Waals surface area contributed by atoms with Gasteiger partial charge in [-0.25, -0.2) is 4.79 Å². The molecule has 1 aromatic carbocycles. The molecule has 0 radical (unpaired) electrons. The summed E-state index contributed by atoms with van der Waals surface area (Å²) in [4.78, 5) is 20.1. The Labute approximate surface area is 97.0 Å². The Kier molecular flexibility index (Phi) is 3.29. The van der Waals surface area contributed by atoms with E-state index in [2.05, 4.69) is 0 Å². The number of nitro benzene ring substituents is 1. The average molecular weight is 324 g/mol. The molecule has 7 nitrogen and oxygen atoms in total. The summed E-state index contributed by atoms with van der Waals surface area (Å²) in [5, 5.41) is 30.1. The van der Waals surface area contributed by atoms with Gasteiger partial charge in [0.15, 0.2) is 5.75 Å². The van der Waals surface area contributed by atoms with Crippen LogP contribution in [0.2, 0.25) is 0 Å². The topological polar surface area (TPSA) is 113 Å². The lowest BCUT2D eigenvalue weighted by atomic mass is 10.2. The molecule has 1 aromatic rings. The Morgan fingerprint density at radius 3 is 2.60 bits per heavy atom. The highest BCUT2D eigenvalue weighted by Gasteiger charge is 2.15. The number of phenolic OH excluding ortho intramolecular Hbond substituents is 1. The summed E-state index contributed by atoms with van der Waals surface area (Å²) < 4.78 is 0.200. The first kappa shape index (κ1) is 11.5. The van der Waals surface area contributed by atoms with E-state index in [1.54, 1.807) is 22.6 Å². The summed E-state index contributed by atoms with van der Waals surface area (Å²) >= 11 is 1.67. The predicted octanol–water partition coefficient (Wildman–Crippen LogP) is 1.99. The number of carboxylic acid groups (broad SMARTS) is 1. The van der Waals surface area contributed by atoms with Gasteiger partial charge in [0, 0.05) is 12.1 Å². The lowest BCUT2D eigenvalue weighted by Crippen LogP contribution is -2.08. The molecule has 15 heavy (non-hydrogen) atoms. The molecular formula is C7H5IN2O5.